The molecule has 0 saturated carbocycles. The Bertz CT molecular complexity index is 332. The van der Waals surface area contributed by atoms with Gasteiger partial charge in [0.1, 0.15) is 5.78 Å². The standard InChI is InChI=1S/C13H19NO2/c1-10(7-8-16-2)13(15)9-11-3-5-12(14)6-4-11/h3-6,10H,7-9,14H2,1-2H3. The van der Waals surface area contributed by atoms with Crippen LogP contribution < -0.4 is 5.73 Å². The van der Waals surface area contributed by atoms with E-state index in [2.05, 4.69) is 0 Å². The molecule has 0 aromatic heterocycles. The fourth-order valence-corrected chi connectivity index (χ4v) is 1.47. The van der Waals surface area contributed by atoms with Gasteiger partial charge in [0.2, 0.25) is 0 Å². The van der Waals surface area contributed by atoms with Crippen molar-refractivity contribution in [1.29, 1.82) is 0 Å². The first-order valence-electron chi connectivity index (χ1n) is 5.49. The second-order valence-electron chi connectivity index (χ2n) is 4.07. The van der Waals surface area contributed by atoms with Gasteiger partial charge < -0.3 is 10.5 Å². The van der Waals surface area contributed by atoms with E-state index in [1.165, 1.54) is 0 Å². The van der Waals surface area contributed by atoms with Crippen molar-refractivity contribution in [3.05, 3.63) is 29.8 Å². The Morgan fingerprint density at radius 2 is 2.00 bits per heavy atom. The summed E-state index contributed by atoms with van der Waals surface area (Å²) in [4.78, 5) is 11.8. The van der Waals surface area contributed by atoms with Crippen LogP contribution in [0.15, 0.2) is 24.3 Å². The zero-order valence-corrected chi connectivity index (χ0v) is 9.90. The minimum Gasteiger partial charge on any atom is -0.399 e. The molecule has 0 fully saturated rings. The van der Waals surface area contributed by atoms with Crippen molar-refractivity contribution in [2.75, 3.05) is 19.5 Å². The lowest BCUT2D eigenvalue weighted by molar-refractivity contribution is -0.122. The molecule has 3 heteroatoms. The Morgan fingerprint density at radius 1 is 1.38 bits per heavy atom. The number of carbonyl (C=O) groups excluding carboxylic acids is 1. The van der Waals surface area contributed by atoms with E-state index in [0.29, 0.717) is 13.0 Å². The molecule has 0 radical (unpaired) electrons. The average Bonchev–Trinajstić information content (AvgIpc) is 2.29. The summed E-state index contributed by atoms with van der Waals surface area (Å²) >= 11 is 0. The van der Waals surface area contributed by atoms with Gasteiger partial charge in [-0.15, -0.1) is 0 Å². The van der Waals surface area contributed by atoms with E-state index in [9.17, 15) is 4.79 Å². The number of hydrogen-bond donors (Lipinski definition) is 1. The molecule has 0 aliphatic carbocycles. The number of nitrogen functional groups attached to an aromatic ring is 1. The Balaban J connectivity index is 2.47. The third-order valence-electron chi connectivity index (χ3n) is 2.66. The Labute approximate surface area is 96.6 Å². The van der Waals surface area contributed by atoms with Crippen LogP contribution in [0.5, 0.6) is 0 Å². The fraction of sp³-hybridized carbons (Fsp3) is 0.462. The molecule has 0 aliphatic rings. The van der Waals surface area contributed by atoms with E-state index in [4.69, 9.17) is 10.5 Å². The van der Waals surface area contributed by atoms with Gasteiger partial charge in [-0.2, -0.15) is 0 Å². The number of carbonyl (C=O) groups is 1. The third-order valence-corrected chi connectivity index (χ3v) is 2.66. The monoisotopic (exact) mass is 221 g/mol. The van der Waals surface area contributed by atoms with Crippen molar-refractivity contribution in [2.45, 2.75) is 19.8 Å². The predicted octanol–water partition coefficient (Wildman–Crippen LogP) is 2.05. The average molecular weight is 221 g/mol. The highest BCUT2D eigenvalue weighted by molar-refractivity contribution is 5.83. The molecule has 1 atom stereocenters. The summed E-state index contributed by atoms with van der Waals surface area (Å²) in [7, 11) is 1.65. The molecule has 0 spiro atoms. The zero-order chi connectivity index (χ0) is 12.0. The molecule has 0 bridgehead atoms. The Kier molecular flexibility index (Phi) is 4.99. The molecule has 0 heterocycles. The van der Waals surface area contributed by atoms with Crippen LogP contribution in [0.25, 0.3) is 0 Å². The SMILES string of the molecule is COCCC(C)C(=O)Cc1ccc(N)cc1. The minimum atomic E-state index is 0.0532. The van der Waals surface area contributed by atoms with Crippen LogP contribution in [-0.2, 0) is 16.0 Å². The number of hydrogen-bond acceptors (Lipinski definition) is 3. The zero-order valence-electron chi connectivity index (χ0n) is 9.90. The van der Waals surface area contributed by atoms with Crippen molar-refractivity contribution in [3.8, 4) is 0 Å². The predicted molar refractivity (Wildman–Crippen MR) is 65.2 cm³/mol. The van der Waals surface area contributed by atoms with E-state index in [1.54, 1.807) is 7.11 Å². The maximum absolute atomic E-state index is 11.8. The summed E-state index contributed by atoms with van der Waals surface area (Å²) in [5.41, 5.74) is 7.32. The number of rotatable bonds is 6. The van der Waals surface area contributed by atoms with Gasteiger partial charge in [0.05, 0.1) is 0 Å². The fourth-order valence-electron chi connectivity index (χ4n) is 1.47. The summed E-state index contributed by atoms with van der Waals surface area (Å²) in [6.07, 6.45) is 1.26. The van der Waals surface area contributed by atoms with E-state index < -0.39 is 0 Å². The molecule has 3 nitrogen and oxygen atoms in total. The van der Waals surface area contributed by atoms with Crippen LogP contribution >= 0.6 is 0 Å². The lowest BCUT2D eigenvalue weighted by atomic mass is 9.97. The van der Waals surface area contributed by atoms with Crippen LogP contribution in [0, 0.1) is 5.92 Å². The second-order valence-corrected chi connectivity index (χ2v) is 4.07. The molecule has 0 amide bonds. The second kappa shape index (κ2) is 6.28. The summed E-state index contributed by atoms with van der Waals surface area (Å²) in [6, 6.07) is 7.44. The topological polar surface area (TPSA) is 52.3 Å². The van der Waals surface area contributed by atoms with Crippen LogP contribution in [0.3, 0.4) is 0 Å². The molecule has 2 N–H and O–H groups in total. The highest BCUT2D eigenvalue weighted by Crippen LogP contribution is 2.11. The number of ether oxygens (including phenoxy) is 1. The molecule has 1 aromatic rings. The number of anilines is 1. The number of benzene rings is 1. The molecular formula is C13H19NO2. The van der Waals surface area contributed by atoms with Gasteiger partial charge in [0, 0.05) is 31.7 Å². The number of ketones is 1. The van der Waals surface area contributed by atoms with Gasteiger partial charge in [-0.1, -0.05) is 19.1 Å². The van der Waals surface area contributed by atoms with Crippen molar-refractivity contribution < 1.29 is 9.53 Å². The van der Waals surface area contributed by atoms with E-state index in [-0.39, 0.29) is 11.7 Å². The Hall–Kier alpha value is -1.35. The minimum absolute atomic E-state index is 0.0532. The largest absolute Gasteiger partial charge is 0.399 e. The van der Waals surface area contributed by atoms with Gasteiger partial charge in [-0.3, -0.25) is 4.79 Å². The number of Topliss-reactive ketones (excluding diaryl/α,β-unsaturated/α-hetero) is 1. The summed E-state index contributed by atoms with van der Waals surface area (Å²) < 4.78 is 4.96. The maximum Gasteiger partial charge on any atom is 0.140 e. The first-order chi connectivity index (χ1) is 7.63. The van der Waals surface area contributed by atoms with Crippen molar-refractivity contribution >= 4 is 11.5 Å². The maximum atomic E-state index is 11.8. The molecule has 0 saturated heterocycles. The highest BCUT2D eigenvalue weighted by Gasteiger charge is 2.12. The van der Waals surface area contributed by atoms with E-state index in [1.807, 2.05) is 31.2 Å². The molecule has 0 aliphatic heterocycles. The van der Waals surface area contributed by atoms with Gasteiger partial charge in [0.25, 0.3) is 0 Å². The summed E-state index contributed by atoms with van der Waals surface area (Å²) in [5, 5.41) is 0. The molecule has 88 valence electrons. The molecular weight excluding hydrogens is 202 g/mol. The quantitative estimate of drug-likeness (QED) is 0.748. The van der Waals surface area contributed by atoms with Crippen LogP contribution in [0.2, 0.25) is 0 Å². The molecule has 1 aromatic carbocycles. The van der Waals surface area contributed by atoms with Crippen LogP contribution in [0.1, 0.15) is 18.9 Å². The molecule has 1 rings (SSSR count). The lowest BCUT2D eigenvalue weighted by Gasteiger charge is -2.09. The van der Waals surface area contributed by atoms with Crippen LogP contribution in [-0.4, -0.2) is 19.5 Å². The normalized spacial score (nSPS) is 12.4. The number of methoxy groups -OCH3 is 1. The van der Waals surface area contributed by atoms with Gasteiger partial charge in [-0.05, 0) is 24.1 Å². The van der Waals surface area contributed by atoms with E-state index in [0.717, 1.165) is 17.7 Å². The van der Waals surface area contributed by atoms with Gasteiger partial charge in [-0.25, -0.2) is 0 Å². The van der Waals surface area contributed by atoms with Gasteiger partial charge >= 0.3 is 0 Å². The highest BCUT2D eigenvalue weighted by atomic mass is 16.5. The number of nitrogens with two attached hydrogens (primary N) is 1. The van der Waals surface area contributed by atoms with Crippen molar-refractivity contribution in [3.63, 3.8) is 0 Å². The molecule has 16 heavy (non-hydrogen) atoms. The lowest BCUT2D eigenvalue weighted by Crippen LogP contribution is -2.15. The smallest absolute Gasteiger partial charge is 0.140 e. The van der Waals surface area contributed by atoms with Crippen molar-refractivity contribution in [1.82, 2.24) is 0 Å². The summed E-state index contributed by atoms with van der Waals surface area (Å²) in [5.74, 6) is 0.305. The van der Waals surface area contributed by atoms with E-state index >= 15 is 0 Å². The molecule has 1 unspecified atom stereocenters. The first-order valence-corrected chi connectivity index (χ1v) is 5.49. The van der Waals surface area contributed by atoms with Crippen LogP contribution in [0.4, 0.5) is 5.69 Å². The Morgan fingerprint density at radius 3 is 2.56 bits per heavy atom. The third kappa shape index (κ3) is 4.03. The van der Waals surface area contributed by atoms with Crippen molar-refractivity contribution in [2.24, 2.45) is 5.92 Å². The first kappa shape index (κ1) is 12.7. The summed E-state index contributed by atoms with van der Waals surface area (Å²) in [6.45, 7) is 2.58. The van der Waals surface area contributed by atoms with Gasteiger partial charge in [0.15, 0.2) is 0 Å².